The van der Waals surface area contributed by atoms with Gasteiger partial charge in [0, 0.05) is 5.56 Å². The SMILES string of the molecule is CC1C=CC=C(C(F)(F)CNc2ccc(C#N)c(CC(=O)NCCON=C(N)N)c2F)N1O. The summed E-state index contributed by atoms with van der Waals surface area (Å²) in [5.41, 5.74) is 8.80. The maximum absolute atomic E-state index is 15.0. The first-order valence-electron chi connectivity index (χ1n) is 9.74. The summed E-state index contributed by atoms with van der Waals surface area (Å²) in [7, 11) is 0. The van der Waals surface area contributed by atoms with E-state index in [1.54, 1.807) is 6.07 Å². The monoisotopic (exact) mass is 467 g/mol. The second kappa shape index (κ2) is 11.1. The largest absolute Gasteiger partial charge is 0.391 e. The lowest BCUT2D eigenvalue weighted by Crippen LogP contribution is -2.42. The molecule has 1 aromatic rings. The number of anilines is 1. The average molecular weight is 467 g/mol. The Kier molecular flexibility index (Phi) is 8.52. The van der Waals surface area contributed by atoms with Crippen LogP contribution < -0.4 is 22.1 Å². The third kappa shape index (κ3) is 6.78. The lowest BCUT2D eigenvalue weighted by molar-refractivity contribution is -0.121. The van der Waals surface area contributed by atoms with Crippen LogP contribution in [0.15, 0.2) is 41.2 Å². The Balaban J connectivity index is 2.08. The standard InChI is InChI=1S/C20H24F3N7O3/c1-12-3-2-4-16(30(12)32)20(22,23)11-28-15-6-5-13(10-24)14(18(15)21)9-17(31)27-7-8-33-29-19(25)26/h2-6,12,28,32H,7-9,11H2,1H3,(H,27,31)(H4,25,26,29). The fourth-order valence-electron chi connectivity index (χ4n) is 2.89. The molecule has 0 aromatic heterocycles. The Morgan fingerprint density at radius 2 is 2.15 bits per heavy atom. The number of carbonyl (C=O) groups is 1. The topological polar surface area (TPSA) is 162 Å². The van der Waals surface area contributed by atoms with Gasteiger partial charge >= 0.3 is 5.92 Å². The number of rotatable bonds is 10. The predicted octanol–water partition coefficient (Wildman–Crippen LogP) is 1.14. The van der Waals surface area contributed by atoms with Crippen molar-refractivity contribution in [1.29, 1.82) is 5.26 Å². The molecule has 178 valence electrons. The normalized spacial score (nSPS) is 15.3. The van der Waals surface area contributed by atoms with E-state index in [9.17, 15) is 28.4 Å². The van der Waals surface area contributed by atoms with Crippen LogP contribution >= 0.6 is 0 Å². The number of carbonyl (C=O) groups excluding carboxylic acids is 1. The number of hydroxylamine groups is 2. The maximum Gasteiger partial charge on any atom is 0.306 e. The summed E-state index contributed by atoms with van der Waals surface area (Å²) in [4.78, 5) is 16.8. The van der Waals surface area contributed by atoms with Crippen molar-refractivity contribution >= 4 is 17.6 Å². The van der Waals surface area contributed by atoms with Gasteiger partial charge in [-0.3, -0.25) is 10.0 Å². The zero-order valence-corrected chi connectivity index (χ0v) is 17.7. The molecule has 10 nitrogen and oxygen atoms in total. The molecule has 7 N–H and O–H groups in total. The summed E-state index contributed by atoms with van der Waals surface area (Å²) in [6, 6.07) is 3.46. The second-order valence-corrected chi connectivity index (χ2v) is 7.02. The third-order valence-corrected chi connectivity index (χ3v) is 4.54. The first-order chi connectivity index (χ1) is 15.6. The molecular weight excluding hydrogens is 443 g/mol. The molecule has 1 amide bonds. The lowest BCUT2D eigenvalue weighted by Gasteiger charge is -2.32. The zero-order chi connectivity index (χ0) is 24.6. The highest BCUT2D eigenvalue weighted by Crippen LogP contribution is 2.31. The van der Waals surface area contributed by atoms with Gasteiger partial charge in [-0.2, -0.15) is 14.0 Å². The number of guanidine groups is 1. The lowest BCUT2D eigenvalue weighted by atomic mass is 10.0. The molecule has 1 unspecified atom stereocenters. The number of oxime groups is 1. The van der Waals surface area contributed by atoms with Gasteiger partial charge in [0.15, 0.2) is 5.82 Å². The molecule has 0 fully saturated rings. The van der Waals surface area contributed by atoms with Crippen molar-refractivity contribution in [2.75, 3.05) is 25.0 Å². The van der Waals surface area contributed by atoms with Crippen LogP contribution in [0.3, 0.4) is 0 Å². The molecule has 0 bridgehead atoms. The number of amides is 1. The number of halogens is 3. The summed E-state index contributed by atoms with van der Waals surface area (Å²) in [6.45, 7) is 0.438. The molecule has 0 saturated heterocycles. The molecule has 33 heavy (non-hydrogen) atoms. The maximum atomic E-state index is 15.0. The smallest absolute Gasteiger partial charge is 0.306 e. The molecule has 1 aliphatic rings. The van der Waals surface area contributed by atoms with E-state index >= 15 is 0 Å². The number of nitrogens with zero attached hydrogens (tertiary/aromatic N) is 3. The summed E-state index contributed by atoms with van der Waals surface area (Å²) < 4.78 is 44.2. The highest BCUT2D eigenvalue weighted by molar-refractivity contribution is 5.80. The molecule has 0 aliphatic carbocycles. The minimum absolute atomic E-state index is 0.00290. The van der Waals surface area contributed by atoms with E-state index < -0.39 is 42.4 Å². The fourth-order valence-corrected chi connectivity index (χ4v) is 2.89. The number of nitrogens with two attached hydrogens (primary N) is 2. The van der Waals surface area contributed by atoms with Gasteiger partial charge in [0.05, 0.1) is 42.9 Å². The summed E-state index contributed by atoms with van der Waals surface area (Å²) in [5, 5.41) is 27.5. The van der Waals surface area contributed by atoms with Crippen LogP contribution in [0.25, 0.3) is 0 Å². The molecule has 1 atom stereocenters. The van der Waals surface area contributed by atoms with E-state index in [0.717, 1.165) is 12.1 Å². The minimum Gasteiger partial charge on any atom is -0.391 e. The number of hydrogen-bond donors (Lipinski definition) is 5. The van der Waals surface area contributed by atoms with E-state index in [2.05, 4.69) is 15.8 Å². The quantitative estimate of drug-likeness (QED) is 0.148. The minimum atomic E-state index is -3.54. The van der Waals surface area contributed by atoms with Gasteiger partial charge in [-0.15, -0.1) is 0 Å². The molecule has 1 heterocycles. The van der Waals surface area contributed by atoms with Crippen molar-refractivity contribution in [2.45, 2.75) is 25.3 Å². The number of alkyl halides is 2. The Bertz CT molecular complexity index is 1000. The van der Waals surface area contributed by atoms with E-state index in [0.29, 0.717) is 5.06 Å². The van der Waals surface area contributed by atoms with Gasteiger partial charge in [0.2, 0.25) is 11.9 Å². The Morgan fingerprint density at radius 3 is 2.82 bits per heavy atom. The zero-order valence-electron chi connectivity index (χ0n) is 17.7. The second-order valence-electron chi connectivity index (χ2n) is 7.02. The van der Waals surface area contributed by atoms with E-state index in [4.69, 9.17) is 16.3 Å². The van der Waals surface area contributed by atoms with Gasteiger partial charge < -0.3 is 26.9 Å². The third-order valence-electron chi connectivity index (χ3n) is 4.54. The fraction of sp³-hybridized carbons (Fsp3) is 0.350. The Hall–Kier alpha value is -3.92. The van der Waals surface area contributed by atoms with Gasteiger partial charge in [-0.05, 0) is 30.3 Å². The van der Waals surface area contributed by atoms with Crippen molar-refractivity contribution < 1.29 is 28.0 Å². The molecule has 13 heteroatoms. The van der Waals surface area contributed by atoms with Gasteiger partial charge in [0.1, 0.15) is 12.3 Å². The number of nitriles is 1. The number of hydrogen-bond acceptors (Lipinski definition) is 7. The Labute approximate surface area is 187 Å². The summed E-state index contributed by atoms with van der Waals surface area (Å²) in [5.74, 6) is -5.48. The van der Waals surface area contributed by atoms with Crippen LogP contribution in [0.5, 0.6) is 0 Å². The molecule has 0 radical (unpaired) electrons. The number of allylic oxidation sites excluding steroid dienone is 2. The van der Waals surface area contributed by atoms with Crippen LogP contribution in [0.4, 0.5) is 18.9 Å². The molecule has 2 rings (SSSR count). The van der Waals surface area contributed by atoms with Crippen LogP contribution in [0.1, 0.15) is 18.1 Å². The van der Waals surface area contributed by atoms with Crippen molar-refractivity contribution in [3.8, 4) is 6.07 Å². The summed E-state index contributed by atoms with van der Waals surface area (Å²) in [6.07, 6.45) is 3.46. The van der Waals surface area contributed by atoms with Crippen LogP contribution in [-0.4, -0.2) is 53.8 Å². The molecular formula is C20H24F3N7O3. The number of nitrogens with one attached hydrogen (secondary N) is 2. The van der Waals surface area contributed by atoms with Gasteiger partial charge in [-0.1, -0.05) is 12.2 Å². The van der Waals surface area contributed by atoms with Crippen molar-refractivity contribution in [1.82, 2.24) is 10.4 Å². The Morgan fingerprint density at radius 1 is 1.42 bits per heavy atom. The number of benzene rings is 1. The van der Waals surface area contributed by atoms with Gasteiger partial charge in [-0.25, -0.2) is 9.45 Å². The molecule has 1 aliphatic heterocycles. The molecule has 0 saturated carbocycles. The first kappa shape index (κ1) is 25.3. The van der Waals surface area contributed by atoms with E-state index in [1.165, 1.54) is 25.1 Å². The van der Waals surface area contributed by atoms with Crippen molar-refractivity contribution in [2.24, 2.45) is 16.6 Å². The van der Waals surface area contributed by atoms with Gasteiger partial charge in [0.25, 0.3) is 0 Å². The van der Waals surface area contributed by atoms with Crippen molar-refractivity contribution in [3.63, 3.8) is 0 Å². The highest BCUT2D eigenvalue weighted by Gasteiger charge is 2.39. The van der Waals surface area contributed by atoms with E-state index in [1.807, 2.05) is 0 Å². The van der Waals surface area contributed by atoms with E-state index in [-0.39, 0.29) is 35.9 Å². The first-order valence-corrected chi connectivity index (χ1v) is 9.74. The predicted molar refractivity (Wildman–Crippen MR) is 113 cm³/mol. The van der Waals surface area contributed by atoms with Crippen LogP contribution in [0, 0.1) is 17.1 Å². The van der Waals surface area contributed by atoms with Crippen molar-refractivity contribution in [3.05, 3.63) is 53.0 Å². The highest BCUT2D eigenvalue weighted by atomic mass is 19.3. The molecule has 0 spiro atoms. The average Bonchev–Trinajstić information content (AvgIpc) is 2.75. The molecule has 1 aromatic carbocycles. The summed E-state index contributed by atoms with van der Waals surface area (Å²) >= 11 is 0. The van der Waals surface area contributed by atoms with Crippen LogP contribution in [-0.2, 0) is 16.1 Å². The van der Waals surface area contributed by atoms with Crippen LogP contribution in [0.2, 0.25) is 0 Å².